The van der Waals surface area contributed by atoms with Gasteiger partial charge in [-0.25, -0.2) is 0 Å². The molecule has 2 amide bonds. The van der Waals surface area contributed by atoms with Gasteiger partial charge in [0.25, 0.3) is 11.8 Å². The maximum atomic E-state index is 12.4. The lowest BCUT2D eigenvalue weighted by atomic mass is 10.1. The first-order valence-electron chi connectivity index (χ1n) is 8.05. The van der Waals surface area contributed by atoms with Gasteiger partial charge in [0, 0.05) is 17.3 Å². The molecule has 0 radical (unpaired) electrons. The molecule has 2 heterocycles. The second-order valence-electron chi connectivity index (χ2n) is 5.86. The number of rotatable bonds is 3. The van der Waals surface area contributed by atoms with E-state index in [0.717, 1.165) is 5.56 Å². The fourth-order valence-electron chi connectivity index (χ4n) is 2.60. The molecule has 0 saturated heterocycles. The van der Waals surface area contributed by atoms with E-state index >= 15 is 0 Å². The maximum Gasteiger partial charge on any atom is 0.277 e. The summed E-state index contributed by atoms with van der Waals surface area (Å²) >= 11 is 0. The standard InChI is InChI=1S/C19H15N3O4/c1-11-18(23)21-14-9-13(7-8-16(14)25-11)20-19(24)15-10-17(26-22-15)12-5-3-2-4-6-12/h2-11H,1H3,(H,20,24)(H,21,23)/t11-/m0/s1. The first kappa shape index (κ1) is 15.9. The Morgan fingerprint density at radius 3 is 2.77 bits per heavy atom. The van der Waals surface area contributed by atoms with Crippen molar-refractivity contribution in [3.05, 3.63) is 60.3 Å². The maximum absolute atomic E-state index is 12.4. The fraction of sp³-hybridized carbons (Fsp3) is 0.105. The van der Waals surface area contributed by atoms with Gasteiger partial charge in [-0.3, -0.25) is 9.59 Å². The average molecular weight is 349 g/mol. The molecular weight excluding hydrogens is 334 g/mol. The number of hydrogen-bond acceptors (Lipinski definition) is 5. The van der Waals surface area contributed by atoms with Crippen molar-refractivity contribution in [1.82, 2.24) is 5.16 Å². The third-order valence-corrected chi connectivity index (χ3v) is 3.97. The van der Waals surface area contributed by atoms with Gasteiger partial charge in [-0.1, -0.05) is 35.5 Å². The fourth-order valence-corrected chi connectivity index (χ4v) is 2.60. The van der Waals surface area contributed by atoms with Gasteiger partial charge in [0.05, 0.1) is 5.69 Å². The number of fused-ring (bicyclic) bond motifs is 1. The number of nitrogens with one attached hydrogen (secondary N) is 2. The quantitative estimate of drug-likeness (QED) is 0.757. The van der Waals surface area contributed by atoms with E-state index in [4.69, 9.17) is 9.26 Å². The monoisotopic (exact) mass is 349 g/mol. The van der Waals surface area contributed by atoms with Gasteiger partial charge in [-0.15, -0.1) is 0 Å². The lowest BCUT2D eigenvalue weighted by molar-refractivity contribution is -0.122. The minimum Gasteiger partial charge on any atom is -0.479 e. The minimum atomic E-state index is -0.547. The summed E-state index contributed by atoms with van der Waals surface area (Å²) in [4.78, 5) is 24.1. The van der Waals surface area contributed by atoms with E-state index in [1.165, 1.54) is 0 Å². The highest BCUT2D eigenvalue weighted by Crippen LogP contribution is 2.32. The van der Waals surface area contributed by atoms with Gasteiger partial charge < -0.3 is 19.9 Å². The zero-order valence-electron chi connectivity index (χ0n) is 13.9. The molecule has 1 aliphatic heterocycles. The van der Waals surface area contributed by atoms with Crippen LogP contribution in [0.2, 0.25) is 0 Å². The van der Waals surface area contributed by atoms with Gasteiger partial charge in [-0.05, 0) is 25.1 Å². The topological polar surface area (TPSA) is 93.5 Å². The molecule has 0 spiro atoms. The van der Waals surface area contributed by atoms with Crippen LogP contribution in [0, 0.1) is 0 Å². The molecule has 0 unspecified atom stereocenters. The second kappa shape index (κ2) is 6.36. The molecular formula is C19H15N3O4. The molecule has 0 bridgehead atoms. The van der Waals surface area contributed by atoms with Crippen molar-refractivity contribution in [2.75, 3.05) is 10.6 Å². The van der Waals surface area contributed by atoms with Crippen LogP contribution in [0.4, 0.5) is 11.4 Å². The summed E-state index contributed by atoms with van der Waals surface area (Å²) in [7, 11) is 0. The molecule has 1 atom stereocenters. The number of carbonyl (C=O) groups is 2. The number of anilines is 2. The highest BCUT2D eigenvalue weighted by atomic mass is 16.5. The van der Waals surface area contributed by atoms with E-state index in [-0.39, 0.29) is 11.6 Å². The van der Waals surface area contributed by atoms with E-state index in [1.807, 2.05) is 30.3 Å². The second-order valence-corrected chi connectivity index (χ2v) is 5.86. The highest BCUT2D eigenvalue weighted by molar-refractivity contribution is 6.04. The van der Waals surface area contributed by atoms with E-state index < -0.39 is 12.0 Å². The molecule has 2 aromatic carbocycles. The lowest BCUT2D eigenvalue weighted by Gasteiger charge is -2.23. The summed E-state index contributed by atoms with van der Waals surface area (Å²) < 4.78 is 10.7. The number of carbonyl (C=O) groups excluding carboxylic acids is 2. The molecule has 7 nitrogen and oxygen atoms in total. The Morgan fingerprint density at radius 1 is 1.15 bits per heavy atom. The van der Waals surface area contributed by atoms with Crippen molar-refractivity contribution in [2.45, 2.75) is 13.0 Å². The number of ether oxygens (including phenoxy) is 1. The Labute approximate surface area is 149 Å². The minimum absolute atomic E-state index is 0.162. The van der Waals surface area contributed by atoms with Crippen LogP contribution in [0.3, 0.4) is 0 Å². The van der Waals surface area contributed by atoms with Gasteiger partial charge in [-0.2, -0.15) is 0 Å². The molecule has 1 aliphatic rings. The summed E-state index contributed by atoms with van der Waals surface area (Å²) in [6.45, 7) is 1.67. The summed E-state index contributed by atoms with van der Waals surface area (Å²) in [5, 5.41) is 9.29. The van der Waals surface area contributed by atoms with E-state index in [0.29, 0.717) is 22.9 Å². The molecule has 130 valence electrons. The number of nitrogens with zero attached hydrogens (tertiary/aromatic N) is 1. The number of aromatic nitrogens is 1. The Kier molecular flexibility index (Phi) is 3.89. The number of benzene rings is 2. The van der Waals surface area contributed by atoms with Crippen molar-refractivity contribution < 1.29 is 18.8 Å². The van der Waals surface area contributed by atoms with Crippen molar-refractivity contribution in [3.63, 3.8) is 0 Å². The lowest BCUT2D eigenvalue weighted by Crippen LogP contribution is -2.34. The summed E-state index contributed by atoms with van der Waals surface area (Å²) in [6, 6.07) is 16.0. The van der Waals surface area contributed by atoms with Crippen molar-refractivity contribution in [1.29, 1.82) is 0 Å². The Balaban J connectivity index is 1.51. The van der Waals surface area contributed by atoms with Gasteiger partial charge in [0.15, 0.2) is 17.6 Å². The normalized spacial score (nSPS) is 15.6. The van der Waals surface area contributed by atoms with Crippen LogP contribution in [-0.4, -0.2) is 23.1 Å². The smallest absolute Gasteiger partial charge is 0.277 e. The zero-order chi connectivity index (χ0) is 18.1. The largest absolute Gasteiger partial charge is 0.479 e. The van der Waals surface area contributed by atoms with E-state index in [1.54, 1.807) is 31.2 Å². The summed E-state index contributed by atoms with van der Waals surface area (Å²) in [5.74, 6) is 0.427. The molecule has 0 saturated carbocycles. The van der Waals surface area contributed by atoms with Crippen LogP contribution in [-0.2, 0) is 4.79 Å². The van der Waals surface area contributed by atoms with E-state index in [9.17, 15) is 9.59 Å². The van der Waals surface area contributed by atoms with Crippen molar-refractivity contribution >= 4 is 23.2 Å². The first-order chi connectivity index (χ1) is 12.6. The molecule has 1 aromatic heterocycles. The van der Waals surface area contributed by atoms with Gasteiger partial charge in [0.1, 0.15) is 5.75 Å². The average Bonchev–Trinajstić information content (AvgIpc) is 3.14. The number of amides is 2. The van der Waals surface area contributed by atoms with Crippen LogP contribution in [0.25, 0.3) is 11.3 Å². The predicted octanol–water partition coefficient (Wildman–Crippen LogP) is 3.31. The SMILES string of the molecule is C[C@@H]1Oc2ccc(NC(=O)c3cc(-c4ccccc4)on3)cc2NC1=O. The number of hydrogen-bond donors (Lipinski definition) is 2. The van der Waals surface area contributed by atoms with Gasteiger partial charge >= 0.3 is 0 Å². The predicted molar refractivity (Wildman–Crippen MR) is 95.1 cm³/mol. The van der Waals surface area contributed by atoms with Crippen LogP contribution in [0.15, 0.2) is 59.1 Å². The molecule has 26 heavy (non-hydrogen) atoms. The molecule has 0 fully saturated rings. The van der Waals surface area contributed by atoms with Gasteiger partial charge in [0.2, 0.25) is 0 Å². The zero-order valence-corrected chi connectivity index (χ0v) is 13.9. The molecule has 0 aliphatic carbocycles. The van der Waals surface area contributed by atoms with Crippen LogP contribution >= 0.6 is 0 Å². The molecule has 3 aromatic rings. The molecule has 7 heteroatoms. The first-order valence-corrected chi connectivity index (χ1v) is 8.05. The molecule has 4 rings (SSSR count). The molecule has 2 N–H and O–H groups in total. The van der Waals surface area contributed by atoms with Crippen molar-refractivity contribution in [2.24, 2.45) is 0 Å². The van der Waals surface area contributed by atoms with Crippen LogP contribution in [0.5, 0.6) is 5.75 Å². The van der Waals surface area contributed by atoms with Crippen LogP contribution in [0.1, 0.15) is 17.4 Å². The van der Waals surface area contributed by atoms with E-state index in [2.05, 4.69) is 15.8 Å². The van der Waals surface area contributed by atoms with Crippen molar-refractivity contribution in [3.8, 4) is 17.1 Å². The Morgan fingerprint density at radius 2 is 1.96 bits per heavy atom. The third-order valence-electron chi connectivity index (χ3n) is 3.97. The summed E-state index contributed by atoms with van der Waals surface area (Å²) in [5.41, 5.74) is 2.02. The Hall–Kier alpha value is -3.61. The third kappa shape index (κ3) is 3.02. The Bertz CT molecular complexity index is 981. The van der Waals surface area contributed by atoms with Crippen LogP contribution < -0.4 is 15.4 Å². The summed E-state index contributed by atoms with van der Waals surface area (Å²) in [6.07, 6.45) is -0.547. The highest BCUT2D eigenvalue weighted by Gasteiger charge is 2.24.